The third kappa shape index (κ3) is 3.26. The minimum absolute atomic E-state index is 0.123. The number of nitrogens with zero attached hydrogens (tertiary/aromatic N) is 3. The Bertz CT molecular complexity index is 945. The molecule has 1 heterocycles. The van der Waals surface area contributed by atoms with Gasteiger partial charge >= 0.3 is 6.18 Å². The van der Waals surface area contributed by atoms with Crippen molar-refractivity contribution in [2.75, 3.05) is 0 Å². The molecule has 0 atom stereocenters. The average Bonchev–Trinajstić information content (AvgIpc) is 3.35. The van der Waals surface area contributed by atoms with Gasteiger partial charge in [0.2, 0.25) is 0 Å². The van der Waals surface area contributed by atoms with Crippen molar-refractivity contribution in [3.63, 3.8) is 0 Å². The van der Waals surface area contributed by atoms with Crippen molar-refractivity contribution in [1.82, 2.24) is 20.3 Å². The van der Waals surface area contributed by atoms with Crippen LogP contribution in [0.2, 0.25) is 0 Å². The summed E-state index contributed by atoms with van der Waals surface area (Å²) in [5, 5.41) is 10.4. The van der Waals surface area contributed by atoms with E-state index < -0.39 is 11.7 Å². The van der Waals surface area contributed by atoms with E-state index in [0.29, 0.717) is 22.2 Å². The molecule has 0 unspecified atom stereocenters. The van der Waals surface area contributed by atoms with Crippen LogP contribution in [0.5, 0.6) is 0 Å². The molecule has 0 aliphatic heterocycles. The molecular formula is C18H15F3N4O. The lowest BCUT2D eigenvalue weighted by Gasteiger charge is -2.23. The highest BCUT2D eigenvalue weighted by molar-refractivity contribution is 5.97. The normalized spacial score (nSPS) is 14.6. The molecule has 3 aromatic rings. The summed E-state index contributed by atoms with van der Waals surface area (Å²) in [6, 6.07) is 10.1. The molecular weight excluding hydrogens is 345 g/mol. The molecule has 1 saturated carbocycles. The van der Waals surface area contributed by atoms with Gasteiger partial charge in [-0.05, 0) is 48.7 Å². The van der Waals surface area contributed by atoms with Gasteiger partial charge in [0.1, 0.15) is 11.0 Å². The van der Waals surface area contributed by atoms with Crippen LogP contribution in [0, 0.1) is 0 Å². The lowest BCUT2D eigenvalue weighted by molar-refractivity contribution is -0.137. The van der Waals surface area contributed by atoms with Crippen molar-refractivity contribution >= 4 is 16.9 Å². The van der Waals surface area contributed by atoms with E-state index in [-0.39, 0.29) is 18.5 Å². The van der Waals surface area contributed by atoms with E-state index in [2.05, 4.69) is 15.4 Å². The van der Waals surface area contributed by atoms with Gasteiger partial charge in [0.05, 0.1) is 5.56 Å². The maximum Gasteiger partial charge on any atom is 0.416 e. The molecule has 0 bridgehead atoms. The Hall–Kier alpha value is -2.90. The molecule has 1 aromatic heterocycles. The zero-order chi connectivity index (χ0) is 18.3. The first-order valence-electron chi connectivity index (χ1n) is 8.19. The van der Waals surface area contributed by atoms with E-state index in [4.69, 9.17) is 0 Å². The molecule has 0 spiro atoms. The quantitative estimate of drug-likeness (QED) is 0.770. The number of hydrogen-bond acceptors (Lipinski definition) is 3. The second-order valence-corrected chi connectivity index (χ2v) is 6.39. The Kier molecular flexibility index (Phi) is 3.90. The molecule has 26 heavy (non-hydrogen) atoms. The van der Waals surface area contributed by atoms with Crippen LogP contribution in [0.4, 0.5) is 13.2 Å². The number of carbonyl (C=O) groups is 1. The third-order valence-corrected chi connectivity index (χ3v) is 4.45. The molecule has 8 heteroatoms. The molecule has 2 aromatic carbocycles. The standard InChI is InChI=1S/C18H15F3N4O/c19-18(20,21)13-4-1-11(2-5-13)10-25(14-6-7-14)17(26)12-3-8-15-16(9-12)23-24-22-15/h1-5,8-9,14H,6-7,10H2,(H,22,23,24). The summed E-state index contributed by atoms with van der Waals surface area (Å²) in [7, 11) is 0. The van der Waals surface area contributed by atoms with E-state index in [0.717, 1.165) is 25.0 Å². The number of aromatic amines is 1. The number of rotatable bonds is 4. The molecule has 1 aliphatic rings. The predicted molar refractivity (Wildman–Crippen MR) is 88.2 cm³/mol. The molecule has 0 radical (unpaired) electrons. The highest BCUT2D eigenvalue weighted by Crippen LogP contribution is 2.32. The Balaban J connectivity index is 1.56. The first-order chi connectivity index (χ1) is 12.4. The van der Waals surface area contributed by atoms with Gasteiger partial charge in [-0.1, -0.05) is 12.1 Å². The van der Waals surface area contributed by atoms with Crippen LogP contribution in [0.25, 0.3) is 11.0 Å². The zero-order valence-electron chi connectivity index (χ0n) is 13.6. The van der Waals surface area contributed by atoms with Crippen LogP contribution in [-0.2, 0) is 12.7 Å². The number of amides is 1. The number of benzene rings is 2. The number of carbonyl (C=O) groups excluding carboxylic acids is 1. The zero-order valence-corrected chi connectivity index (χ0v) is 13.6. The average molecular weight is 360 g/mol. The first kappa shape index (κ1) is 16.6. The molecule has 5 nitrogen and oxygen atoms in total. The van der Waals surface area contributed by atoms with Crippen LogP contribution in [0.1, 0.15) is 34.3 Å². The summed E-state index contributed by atoms with van der Waals surface area (Å²) in [5.41, 5.74) is 1.73. The van der Waals surface area contributed by atoms with E-state index in [1.165, 1.54) is 12.1 Å². The number of hydrogen-bond donors (Lipinski definition) is 1. The Labute approximate surface area is 146 Å². The summed E-state index contributed by atoms with van der Waals surface area (Å²) in [5.74, 6) is -0.155. The molecule has 0 saturated heterocycles. The predicted octanol–water partition coefficient (Wildman–Crippen LogP) is 3.78. The SMILES string of the molecule is O=C(c1ccc2n[nH]nc2c1)N(Cc1ccc(C(F)(F)F)cc1)C1CC1. The van der Waals surface area contributed by atoms with Crippen molar-refractivity contribution in [2.45, 2.75) is 31.6 Å². The number of alkyl halides is 3. The van der Waals surface area contributed by atoms with E-state index in [9.17, 15) is 18.0 Å². The highest BCUT2D eigenvalue weighted by atomic mass is 19.4. The monoisotopic (exact) mass is 360 g/mol. The number of aromatic nitrogens is 3. The van der Waals surface area contributed by atoms with Crippen LogP contribution < -0.4 is 0 Å². The Morgan fingerprint density at radius 1 is 1.08 bits per heavy atom. The lowest BCUT2D eigenvalue weighted by atomic mass is 10.1. The Morgan fingerprint density at radius 3 is 2.42 bits per heavy atom. The van der Waals surface area contributed by atoms with Gasteiger partial charge in [-0.25, -0.2) is 0 Å². The molecule has 134 valence electrons. The van der Waals surface area contributed by atoms with Gasteiger partial charge in [-0.15, -0.1) is 0 Å². The topological polar surface area (TPSA) is 61.9 Å². The first-order valence-corrected chi connectivity index (χ1v) is 8.19. The maximum atomic E-state index is 12.9. The van der Waals surface area contributed by atoms with Crippen molar-refractivity contribution < 1.29 is 18.0 Å². The number of halogens is 3. The summed E-state index contributed by atoms with van der Waals surface area (Å²) in [6.45, 7) is 0.276. The molecule has 1 fully saturated rings. The van der Waals surface area contributed by atoms with Gasteiger partial charge in [0.15, 0.2) is 0 Å². The summed E-state index contributed by atoms with van der Waals surface area (Å²) < 4.78 is 38.1. The van der Waals surface area contributed by atoms with Crippen LogP contribution in [0.3, 0.4) is 0 Å². The van der Waals surface area contributed by atoms with Gasteiger partial charge in [-0.2, -0.15) is 28.6 Å². The van der Waals surface area contributed by atoms with Crippen LogP contribution in [-0.4, -0.2) is 32.3 Å². The summed E-state index contributed by atoms with van der Waals surface area (Å²) in [4.78, 5) is 14.6. The number of fused-ring (bicyclic) bond motifs is 1. The Morgan fingerprint density at radius 2 is 1.77 bits per heavy atom. The van der Waals surface area contributed by atoms with Gasteiger partial charge in [0, 0.05) is 18.2 Å². The molecule has 1 aliphatic carbocycles. The second kappa shape index (κ2) is 6.12. The summed E-state index contributed by atoms with van der Waals surface area (Å²) >= 11 is 0. The van der Waals surface area contributed by atoms with E-state index >= 15 is 0 Å². The fourth-order valence-electron chi connectivity index (χ4n) is 2.89. The minimum atomic E-state index is -4.36. The number of H-pyrrole nitrogens is 1. The minimum Gasteiger partial charge on any atom is -0.331 e. The fourth-order valence-corrected chi connectivity index (χ4v) is 2.89. The largest absolute Gasteiger partial charge is 0.416 e. The third-order valence-electron chi connectivity index (χ3n) is 4.45. The highest BCUT2D eigenvalue weighted by Gasteiger charge is 2.34. The van der Waals surface area contributed by atoms with Crippen LogP contribution >= 0.6 is 0 Å². The second-order valence-electron chi connectivity index (χ2n) is 6.39. The maximum absolute atomic E-state index is 12.9. The number of nitrogens with one attached hydrogen (secondary N) is 1. The van der Waals surface area contributed by atoms with Crippen LogP contribution in [0.15, 0.2) is 42.5 Å². The summed E-state index contributed by atoms with van der Waals surface area (Å²) in [6.07, 6.45) is -2.56. The van der Waals surface area contributed by atoms with E-state index in [1.807, 2.05) is 0 Å². The van der Waals surface area contributed by atoms with Crippen molar-refractivity contribution in [2.24, 2.45) is 0 Å². The van der Waals surface area contributed by atoms with Gasteiger partial charge in [0.25, 0.3) is 5.91 Å². The van der Waals surface area contributed by atoms with Crippen molar-refractivity contribution in [3.05, 3.63) is 59.2 Å². The molecule has 4 rings (SSSR count). The van der Waals surface area contributed by atoms with Crippen molar-refractivity contribution in [1.29, 1.82) is 0 Å². The fraction of sp³-hybridized carbons (Fsp3) is 0.278. The van der Waals surface area contributed by atoms with E-state index in [1.54, 1.807) is 23.1 Å². The van der Waals surface area contributed by atoms with Crippen molar-refractivity contribution in [3.8, 4) is 0 Å². The lowest BCUT2D eigenvalue weighted by Crippen LogP contribution is -2.32. The van der Waals surface area contributed by atoms with Gasteiger partial charge < -0.3 is 4.90 Å². The molecule has 1 amide bonds. The smallest absolute Gasteiger partial charge is 0.331 e. The molecule has 1 N–H and O–H groups in total. The van der Waals surface area contributed by atoms with Gasteiger partial charge in [-0.3, -0.25) is 4.79 Å².